The number of primary sulfonamides is 1. The van der Waals surface area contributed by atoms with Crippen molar-refractivity contribution in [3.05, 3.63) is 28.7 Å². The van der Waals surface area contributed by atoms with E-state index in [9.17, 15) is 16.8 Å². The first-order valence-electron chi connectivity index (χ1n) is 4.58. The third-order valence-electron chi connectivity index (χ3n) is 1.99. The first kappa shape index (κ1) is 14.5. The smallest absolute Gasteiger partial charge is 0.223 e. The van der Waals surface area contributed by atoms with Crippen molar-refractivity contribution >= 4 is 47.1 Å². The standard InChI is InChI=1S/C8H6BrN3O4S3/c9-5-1-3-6(4-2-5)18(13,14)7-11-12-8(17-7)19(10,15)16/h1-4H,(H2,10,15,16). The van der Waals surface area contributed by atoms with Gasteiger partial charge >= 0.3 is 0 Å². The Morgan fingerprint density at radius 3 is 2.00 bits per heavy atom. The van der Waals surface area contributed by atoms with Gasteiger partial charge in [0.05, 0.1) is 4.90 Å². The van der Waals surface area contributed by atoms with Crippen LogP contribution in [-0.2, 0) is 19.9 Å². The molecule has 102 valence electrons. The average molecular weight is 384 g/mol. The molecule has 2 aromatic rings. The van der Waals surface area contributed by atoms with Gasteiger partial charge in [-0.25, -0.2) is 22.0 Å². The largest absolute Gasteiger partial charge is 0.267 e. The minimum absolute atomic E-state index is 0.00665. The Labute approximate surface area is 121 Å². The summed E-state index contributed by atoms with van der Waals surface area (Å²) in [5.41, 5.74) is 0. The summed E-state index contributed by atoms with van der Waals surface area (Å²) in [5.74, 6) is 0. The molecule has 2 rings (SSSR count). The molecule has 0 bridgehead atoms. The van der Waals surface area contributed by atoms with Crippen LogP contribution in [0.3, 0.4) is 0 Å². The van der Waals surface area contributed by atoms with Crippen LogP contribution in [0.2, 0.25) is 0 Å². The summed E-state index contributed by atoms with van der Waals surface area (Å²) in [6.45, 7) is 0. The molecule has 0 amide bonds. The fourth-order valence-corrected chi connectivity index (χ4v) is 4.54. The van der Waals surface area contributed by atoms with Gasteiger partial charge in [-0.05, 0) is 24.3 Å². The van der Waals surface area contributed by atoms with Gasteiger partial charge in [0.15, 0.2) is 0 Å². The summed E-state index contributed by atoms with van der Waals surface area (Å²) < 4.78 is 46.1. The molecule has 0 aliphatic carbocycles. The fourth-order valence-electron chi connectivity index (χ4n) is 1.14. The highest BCUT2D eigenvalue weighted by Gasteiger charge is 2.25. The van der Waals surface area contributed by atoms with Gasteiger partial charge in [0.25, 0.3) is 10.0 Å². The first-order chi connectivity index (χ1) is 8.71. The van der Waals surface area contributed by atoms with Gasteiger partial charge in [-0.3, -0.25) is 0 Å². The van der Waals surface area contributed by atoms with Crippen molar-refractivity contribution in [2.24, 2.45) is 5.14 Å². The maximum atomic E-state index is 12.1. The summed E-state index contributed by atoms with van der Waals surface area (Å²) in [4.78, 5) is -0.00665. The minimum Gasteiger partial charge on any atom is -0.223 e. The molecular formula is C8H6BrN3O4S3. The lowest BCUT2D eigenvalue weighted by Crippen LogP contribution is -2.11. The van der Waals surface area contributed by atoms with E-state index in [1.54, 1.807) is 12.1 Å². The van der Waals surface area contributed by atoms with Gasteiger partial charge in [0.1, 0.15) is 0 Å². The molecule has 1 aromatic heterocycles. The predicted molar refractivity (Wildman–Crippen MR) is 70.9 cm³/mol. The molecule has 2 N–H and O–H groups in total. The lowest BCUT2D eigenvalue weighted by Gasteiger charge is -1.99. The number of sulfonamides is 1. The molecule has 7 nitrogen and oxygen atoms in total. The summed E-state index contributed by atoms with van der Waals surface area (Å²) in [6.07, 6.45) is 0. The number of hydrogen-bond acceptors (Lipinski definition) is 7. The zero-order valence-electron chi connectivity index (χ0n) is 9.02. The van der Waals surface area contributed by atoms with Gasteiger partial charge in [0.2, 0.25) is 18.5 Å². The Morgan fingerprint density at radius 1 is 1.00 bits per heavy atom. The van der Waals surface area contributed by atoms with Gasteiger partial charge < -0.3 is 0 Å². The molecule has 0 radical (unpaired) electrons. The second-order valence-corrected chi connectivity index (χ2v) is 9.09. The van der Waals surface area contributed by atoms with Crippen LogP contribution >= 0.6 is 27.3 Å². The van der Waals surface area contributed by atoms with Crippen molar-refractivity contribution < 1.29 is 16.8 Å². The van der Waals surface area contributed by atoms with Crippen molar-refractivity contribution in [2.75, 3.05) is 0 Å². The summed E-state index contributed by atoms with van der Waals surface area (Å²) in [5, 5.41) is 11.5. The van der Waals surface area contributed by atoms with Gasteiger partial charge in [-0.1, -0.05) is 27.3 Å². The van der Waals surface area contributed by atoms with Gasteiger partial charge in [-0.15, -0.1) is 10.2 Å². The second kappa shape index (κ2) is 4.90. The second-order valence-electron chi connectivity index (χ2n) is 3.34. The van der Waals surface area contributed by atoms with Crippen LogP contribution in [0.1, 0.15) is 0 Å². The lowest BCUT2D eigenvalue weighted by atomic mass is 10.4. The van der Waals surface area contributed by atoms with E-state index in [0.29, 0.717) is 15.8 Å². The van der Waals surface area contributed by atoms with Crippen LogP contribution < -0.4 is 5.14 Å². The van der Waals surface area contributed by atoms with E-state index in [2.05, 4.69) is 26.1 Å². The average Bonchev–Trinajstić information content (AvgIpc) is 2.79. The topological polar surface area (TPSA) is 120 Å². The molecule has 0 fully saturated rings. The van der Waals surface area contributed by atoms with Crippen LogP contribution in [0.5, 0.6) is 0 Å². The molecule has 0 aliphatic heterocycles. The van der Waals surface area contributed by atoms with Crippen LogP contribution in [0.4, 0.5) is 0 Å². The number of rotatable bonds is 3. The maximum Gasteiger partial charge on any atom is 0.267 e. The molecule has 1 aromatic carbocycles. The van der Waals surface area contributed by atoms with E-state index in [0.717, 1.165) is 0 Å². The molecule has 1 heterocycles. The molecule has 0 aliphatic rings. The predicted octanol–water partition coefficient (Wildman–Crippen LogP) is 0.781. The number of hydrogen-bond donors (Lipinski definition) is 1. The number of sulfone groups is 1. The zero-order chi connectivity index (χ0) is 14.3. The zero-order valence-corrected chi connectivity index (χ0v) is 13.1. The van der Waals surface area contributed by atoms with Gasteiger partial charge in [-0.2, -0.15) is 0 Å². The van der Waals surface area contributed by atoms with Crippen molar-refractivity contribution in [3.63, 3.8) is 0 Å². The molecule has 0 unspecified atom stereocenters. The highest BCUT2D eigenvalue weighted by Crippen LogP contribution is 2.26. The first-order valence-corrected chi connectivity index (χ1v) is 9.22. The number of nitrogens with zero attached hydrogens (tertiary/aromatic N) is 2. The Bertz CT molecular complexity index is 811. The summed E-state index contributed by atoms with van der Waals surface area (Å²) in [7, 11) is -7.95. The lowest BCUT2D eigenvalue weighted by molar-refractivity contribution is 0.590. The van der Waals surface area contributed by atoms with Crippen LogP contribution in [0, 0.1) is 0 Å². The van der Waals surface area contributed by atoms with E-state index in [-0.39, 0.29) is 4.90 Å². The third-order valence-corrected chi connectivity index (χ3v) is 6.88. The van der Waals surface area contributed by atoms with Crippen molar-refractivity contribution in [3.8, 4) is 0 Å². The Kier molecular flexibility index (Phi) is 3.75. The highest BCUT2D eigenvalue weighted by molar-refractivity contribution is 9.10. The molecule has 0 saturated carbocycles. The monoisotopic (exact) mass is 383 g/mol. The Morgan fingerprint density at radius 2 is 1.53 bits per heavy atom. The molecule has 0 atom stereocenters. The number of aromatic nitrogens is 2. The van der Waals surface area contributed by atoms with Gasteiger partial charge in [0, 0.05) is 4.47 Å². The van der Waals surface area contributed by atoms with Crippen LogP contribution in [0.15, 0.2) is 42.3 Å². The van der Waals surface area contributed by atoms with Crippen molar-refractivity contribution in [1.82, 2.24) is 10.2 Å². The molecular weight excluding hydrogens is 378 g/mol. The Balaban J connectivity index is 2.51. The third kappa shape index (κ3) is 3.00. The summed E-state index contributed by atoms with van der Waals surface area (Å²) in [6, 6.07) is 5.85. The SMILES string of the molecule is NS(=O)(=O)c1nnc(S(=O)(=O)c2ccc(Br)cc2)s1. The Hall–Kier alpha value is -0.880. The summed E-state index contributed by atoms with van der Waals surface area (Å²) >= 11 is 3.59. The van der Waals surface area contributed by atoms with Crippen LogP contribution in [0.25, 0.3) is 0 Å². The molecule has 0 saturated heterocycles. The van der Waals surface area contributed by atoms with Crippen molar-refractivity contribution in [1.29, 1.82) is 0 Å². The highest BCUT2D eigenvalue weighted by atomic mass is 79.9. The maximum absolute atomic E-state index is 12.1. The number of benzene rings is 1. The van der Waals surface area contributed by atoms with Crippen LogP contribution in [-0.4, -0.2) is 27.0 Å². The number of nitrogens with two attached hydrogens (primary N) is 1. The molecule has 19 heavy (non-hydrogen) atoms. The molecule has 11 heteroatoms. The minimum atomic E-state index is -4.06. The van der Waals surface area contributed by atoms with E-state index >= 15 is 0 Å². The van der Waals surface area contributed by atoms with E-state index in [1.165, 1.54) is 12.1 Å². The quantitative estimate of drug-likeness (QED) is 0.835. The van der Waals surface area contributed by atoms with Crippen molar-refractivity contribution in [2.45, 2.75) is 13.6 Å². The van der Waals surface area contributed by atoms with E-state index in [1.807, 2.05) is 0 Å². The van der Waals surface area contributed by atoms with E-state index in [4.69, 9.17) is 5.14 Å². The van der Waals surface area contributed by atoms with E-state index < -0.39 is 28.5 Å². The normalized spacial score (nSPS) is 12.5. The number of halogens is 1. The fraction of sp³-hybridized carbons (Fsp3) is 0. The molecule has 0 spiro atoms.